The average Bonchev–Trinajstić information content (AvgIpc) is 3.21. The van der Waals surface area contributed by atoms with E-state index in [4.69, 9.17) is 9.47 Å². The molecular weight excluding hydrogens is 392 g/mol. The van der Waals surface area contributed by atoms with E-state index in [2.05, 4.69) is 15.1 Å². The number of esters is 1. The molecule has 31 heavy (non-hydrogen) atoms. The number of hydrogen-bond acceptors (Lipinski definition) is 6. The second-order valence-electron chi connectivity index (χ2n) is 6.93. The van der Waals surface area contributed by atoms with Crippen LogP contribution in [0.1, 0.15) is 28.7 Å². The summed E-state index contributed by atoms with van der Waals surface area (Å²) in [7, 11) is 0. The number of carbonyl (C=O) groups excluding carboxylic acids is 1. The summed E-state index contributed by atoms with van der Waals surface area (Å²) in [5.74, 6) is 1.63. The van der Waals surface area contributed by atoms with Crippen molar-refractivity contribution in [2.75, 3.05) is 6.61 Å². The fourth-order valence-corrected chi connectivity index (χ4v) is 3.17. The maximum Gasteiger partial charge on any atom is 0.342 e. The zero-order valence-corrected chi connectivity index (χ0v) is 17.6. The van der Waals surface area contributed by atoms with Crippen molar-refractivity contribution in [2.24, 2.45) is 0 Å². The predicted octanol–water partition coefficient (Wildman–Crippen LogP) is 4.92. The largest absolute Gasteiger partial charge is 0.462 e. The van der Waals surface area contributed by atoms with Crippen LogP contribution in [0.5, 0.6) is 11.6 Å². The third kappa shape index (κ3) is 4.45. The number of hydrogen-bond donors (Lipinski definition) is 0. The Kier molecular flexibility index (Phi) is 5.75. The Bertz CT molecular complexity index is 1200. The Hall–Kier alpha value is -4.00. The Morgan fingerprint density at radius 3 is 2.45 bits per heavy atom. The summed E-state index contributed by atoms with van der Waals surface area (Å²) in [6.45, 7) is 5.84. The normalized spacial score (nSPS) is 10.7. The van der Waals surface area contributed by atoms with Crippen molar-refractivity contribution in [3.8, 4) is 28.7 Å². The molecule has 0 saturated heterocycles. The number of aryl methyl sites for hydroxylation is 2. The number of rotatable bonds is 6. The van der Waals surface area contributed by atoms with Gasteiger partial charge in [-0.1, -0.05) is 48.0 Å². The van der Waals surface area contributed by atoms with Crippen molar-refractivity contribution in [3.05, 3.63) is 83.8 Å². The van der Waals surface area contributed by atoms with Gasteiger partial charge < -0.3 is 9.47 Å². The van der Waals surface area contributed by atoms with Crippen LogP contribution >= 0.6 is 0 Å². The molecule has 0 unspecified atom stereocenters. The van der Waals surface area contributed by atoms with Crippen molar-refractivity contribution in [1.29, 1.82) is 0 Å². The number of benzene rings is 2. The lowest BCUT2D eigenvalue weighted by atomic mass is 10.1. The van der Waals surface area contributed by atoms with Crippen LogP contribution in [-0.2, 0) is 4.74 Å². The summed E-state index contributed by atoms with van der Waals surface area (Å²) in [5.41, 5.74) is 2.92. The first-order chi connectivity index (χ1) is 15.0. The lowest BCUT2D eigenvalue weighted by Gasteiger charge is -2.11. The molecule has 0 radical (unpaired) electrons. The molecule has 0 amide bonds. The topological polar surface area (TPSA) is 79.1 Å². The van der Waals surface area contributed by atoms with Crippen LogP contribution in [-0.4, -0.2) is 32.3 Å². The molecule has 0 bridgehead atoms. The molecule has 0 fully saturated rings. The first-order valence-electron chi connectivity index (χ1n) is 9.96. The quantitative estimate of drug-likeness (QED) is 0.417. The molecule has 7 nitrogen and oxygen atoms in total. The lowest BCUT2D eigenvalue weighted by molar-refractivity contribution is 0.0527. The van der Waals surface area contributed by atoms with E-state index in [0.717, 1.165) is 11.1 Å². The molecule has 0 saturated carbocycles. The molecule has 0 atom stereocenters. The van der Waals surface area contributed by atoms with Gasteiger partial charge in [-0.25, -0.2) is 14.5 Å². The van der Waals surface area contributed by atoms with Gasteiger partial charge in [0.05, 0.1) is 18.5 Å². The van der Waals surface area contributed by atoms with Gasteiger partial charge >= 0.3 is 5.97 Å². The zero-order chi connectivity index (χ0) is 21.8. The van der Waals surface area contributed by atoms with Crippen molar-refractivity contribution < 1.29 is 14.3 Å². The van der Waals surface area contributed by atoms with Crippen LogP contribution in [0.3, 0.4) is 0 Å². The van der Waals surface area contributed by atoms with E-state index < -0.39 is 5.97 Å². The van der Waals surface area contributed by atoms with Crippen LogP contribution in [0.4, 0.5) is 0 Å². The van der Waals surface area contributed by atoms with Crippen molar-refractivity contribution >= 4 is 5.97 Å². The highest BCUT2D eigenvalue weighted by Crippen LogP contribution is 2.28. The van der Waals surface area contributed by atoms with Crippen molar-refractivity contribution in [2.45, 2.75) is 20.8 Å². The summed E-state index contributed by atoms with van der Waals surface area (Å²) >= 11 is 0. The Morgan fingerprint density at radius 2 is 1.74 bits per heavy atom. The molecule has 7 heteroatoms. The molecule has 0 aliphatic rings. The highest BCUT2D eigenvalue weighted by atomic mass is 16.5. The van der Waals surface area contributed by atoms with E-state index in [0.29, 0.717) is 34.5 Å². The smallest absolute Gasteiger partial charge is 0.342 e. The molecule has 2 aromatic carbocycles. The summed E-state index contributed by atoms with van der Waals surface area (Å²) < 4.78 is 12.8. The molecular formula is C24H22N4O3. The van der Waals surface area contributed by atoms with E-state index in [-0.39, 0.29) is 6.61 Å². The third-order valence-corrected chi connectivity index (χ3v) is 4.57. The number of carbonyl (C=O) groups is 1. The van der Waals surface area contributed by atoms with E-state index in [1.807, 2.05) is 61.5 Å². The summed E-state index contributed by atoms with van der Waals surface area (Å²) in [5, 5.41) is 4.44. The minimum absolute atomic E-state index is 0.277. The van der Waals surface area contributed by atoms with Gasteiger partial charge in [0, 0.05) is 11.6 Å². The number of aromatic nitrogens is 4. The first-order valence-corrected chi connectivity index (χ1v) is 9.96. The van der Waals surface area contributed by atoms with Gasteiger partial charge in [0.1, 0.15) is 17.1 Å². The summed E-state index contributed by atoms with van der Waals surface area (Å²) in [6.07, 6.45) is 1.50. The van der Waals surface area contributed by atoms with Gasteiger partial charge in [-0.2, -0.15) is 10.1 Å². The predicted molar refractivity (Wildman–Crippen MR) is 117 cm³/mol. The van der Waals surface area contributed by atoms with Gasteiger partial charge in [0.15, 0.2) is 5.82 Å². The monoisotopic (exact) mass is 414 g/mol. The molecule has 0 spiro atoms. The van der Waals surface area contributed by atoms with E-state index in [1.165, 1.54) is 6.20 Å². The Morgan fingerprint density at radius 1 is 1.00 bits per heavy atom. The molecule has 0 aliphatic carbocycles. The fourth-order valence-electron chi connectivity index (χ4n) is 3.17. The van der Waals surface area contributed by atoms with Crippen LogP contribution in [0.2, 0.25) is 0 Å². The summed E-state index contributed by atoms with van der Waals surface area (Å²) in [6, 6.07) is 18.9. The standard InChI is InChI=1S/C24H22N4O3/c1-4-30-24(29)20-15-25-28(23(20)18-8-6-5-7-9-18)21-14-22(27-17(3)26-21)31-19-12-10-16(2)11-13-19/h5-15H,4H2,1-3H3. The lowest BCUT2D eigenvalue weighted by Crippen LogP contribution is -2.08. The molecule has 4 aromatic rings. The van der Waals surface area contributed by atoms with Gasteiger partial charge in [-0.3, -0.25) is 0 Å². The highest BCUT2D eigenvalue weighted by molar-refractivity contribution is 5.96. The van der Waals surface area contributed by atoms with Crippen LogP contribution < -0.4 is 4.74 Å². The van der Waals surface area contributed by atoms with Crippen molar-refractivity contribution in [1.82, 2.24) is 19.7 Å². The second kappa shape index (κ2) is 8.79. The SMILES string of the molecule is CCOC(=O)c1cnn(-c2cc(Oc3ccc(C)cc3)nc(C)n2)c1-c1ccccc1. The third-order valence-electron chi connectivity index (χ3n) is 4.57. The van der Waals surface area contributed by atoms with E-state index in [1.54, 1.807) is 24.6 Å². The van der Waals surface area contributed by atoms with Crippen molar-refractivity contribution in [3.63, 3.8) is 0 Å². The molecule has 0 N–H and O–H groups in total. The van der Waals surface area contributed by atoms with E-state index >= 15 is 0 Å². The molecule has 2 aromatic heterocycles. The van der Waals surface area contributed by atoms with Gasteiger partial charge in [0.2, 0.25) is 5.88 Å². The van der Waals surface area contributed by atoms with Gasteiger partial charge in [0.25, 0.3) is 0 Å². The summed E-state index contributed by atoms with van der Waals surface area (Å²) in [4.78, 5) is 21.5. The van der Waals surface area contributed by atoms with Gasteiger partial charge in [-0.05, 0) is 32.9 Å². The number of ether oxygens (including phenoxy) is 2. The fraction of sp³-hybridized carbons (Fsp3) is 0.167. The maximum atomic E-state index is 12.6. The first kappa shape index (κ1) is 20.3. The Balaban J connectivity index is 1.79. The minimum atomic E-state index is -0.436. The molecule has 2 heterocycles. The Labute approximate surface area is 180 Å². The molecule has 156 valence electrons. The molecule has 0 aliphatic heterocycles. The molecule has 4 rings (SSSR count). The second-order valence-corrected chi connectivity index (χ2v) is 6.93. The number of nitrogens with zero attached hydrogens (tertiary/aromatic N) is 4. The maximum absolute atomic E-state index is 12.6. The minimum Gasteiger partial charge on any atom is -0.462 e. The van der Waals surface area contributed by atoms with E-state index in [9.17, 15) is 4.79 Å². The van der Waals surface area contributed by atoms with Gasteiger partial charge in [-0.15, -0.1) is 0 Å². The highest BCUT2D eigenvalue weighted by Gasteiger charge is 2.22. The average molecular weight is 414 g/mol. The van der Waals surface area contributed by atoms with Crippen LogP contribution in [0, 0.1) is 13.8 Å². The zero-order valence-electron chi connectivity index (χ0n) is 17.6. The van der Waals surface area contributed by atoms with Crippen LogP contribution in [0.15, 0.2) is 66.9 Å². The van der Waals surface area contributed by atoms with Crippen LogP contribution in [0.25, 0.3) is 17.1 Å².